The summed E-state index contributed by atoms with van der Waals surface area (Å²) in [4.78, 5) is 16.1. The monoisotopic (exact) mass is 353 g/mol. The Morgan fingerprint density at radius 3 is 2.59 bits per heavy atom. The van der Waals surface area contributed by atoms with E-state index >= 15 is 0 Å². The lowest BCUT2D eigenvalue weighted by Gasteiger charge is -2.10. The quantitative estimate of drug-likeness (QED) is 0.662. The molecule has 0 aliphatic heterocycles. The molecule has 9 heteroatoms. The molecule has 1 aromatic heterocycles. The maximum atomic E-state index is 11.9. The number of aliphatic hydroxyl groups excluding tert-OH is 1. The topological polar surface area (TPSA) is 106 Å². The first-order chi connectivity index (χ1) is 9.47. The molecule has 1 heterocycles. The Morgan fingerprint density at radius 2 is 2.09 bits per heavy atom. The summed E-state index contributed by atoms with van der Waals surface area (Å²) in [5.41, 5.74) is 5.71. The van der Waals surface area contributed by atoms with Crippen molar-refractivity contribution < 1.29 is 9.90 Å². The third-order valence-corrected chi connectivity index (χ3v) is 3.76. The Balaban J connectivity index is 0.00000220. The van der Waals surface area contributed by atoms with Gasteiger partial charge in [0.15, 0.2) is 0 Å². The molecule has 1 aliphatic carbocycles. The van der Waals surface area contributed by atoms with Crippen LogP contribution in [0.3, 0.4) is 0 Å². The van der Waals surface area contributed by atoms with Crippen molar-refractivity contribution in [3.8, 4) is 0 Å². The Labute approximate surface area is 142 Å². The van der Waals surface area contributed by atoms with Gasteiger partial charge in [-0.1, -0.05) is 0 Å². The molecule has 1 fully saturated rings. The van der Waals surface area contributed by atoms with E-state index in [0.717, 1.165) is 24.6 Å². The number of nitrogens with two attached hydrogens (primary N) is 1. The number of nitrogens with zero attached hydrogens (tertiary/aromatic N) is 3. The van der Waals surface area contributed by atoms with Crippen molar-refractivity contribution in [3.05, 3.63) is 11.6 Å². The number of nitrogens with one attached hydrogen (secondary N) is 1. The molecule has 1 aromatic rings. The van der Waals surface area contributed by atoms with E-state index in [0.29, 0.717) is 19.4 Å². The number of aliphatic hydroxyl groups is 1. The van der Waals surface area contributed by atoms with Gasteiger partial charge in [0, 0.05) is 25.0 Å². The average Bonchev–Trinajstić information content (AvgIpc) is 2.88. The van der Waals surface area contributed by atoms with E-state index in [2.05, 4.69) is 15.4 Å². The maximum absolute atomic E-state index is 11.9. The van der Waals surface area contributed by atoms with Crippen molar-refractivity contribution in [2.45, 2.75) is 51.8 Å². The molecule has 0 saturated heterocycles. The van der Waals surface area contributed by atoms with Crippen LogP contribution in [0.2, 0.25) is 0 Å². The molecule has 22 heavy (non-hydrogen) atoms. The summed E-state index contributed by atoms with van der Waals surface area (Å²) in [6, 6.07) is -0.272. The van der Waals surface area contributed by atoms with Gasteiger partial charge in [-0.3, -0.25) is 9.48 Å². The van der Waals surface area contributed by atoms with Crippen molar-refractivity contribution >= 4 is 30.7 Å². The third-order valence-electron chi connectivity index (χ3n) is 3.76. The molecule has 1 aliphatic rings. The molecule has 1 saturated carbocycles. The van der Waals surface area contributed by atoms with E-state index in [-0.39, 0.29) is 42.7 Å². The van der Waals surface area contributed by atoms with Crippen LogP contribution in [-0.4, -0.2) is 44.5 Å². The lowest BCUT2D eigenvalue weighted by atomic mass is 10.1. The lowest BCUT2D eigenvalue weighted by Crippen LogP contribution is -2.31. The summed E-state index contributed by atoms with van der Waals surface area (Å²) in [6.45, 7) is 5.11. The predicted octanol–water partition coefficient (Wildman–Crippen LogP) is 0.343. The SMILES string of the molecule is Cc1nc(C)n(CCCNC(=O)[C@H]2C[C@@H](N)[C@H](O)C2)n1.Cl.Cl. The summed E-state index contributed by atoms with van der Waals surface area (Å²) in [5.74, 6) is 1.48. The van der Waals surface area contributed by atoms with Gasteiger partial charge in [-0.2, -0.15) is 5.10 Å². The minimum Gasteiger partial charge on any atom is -0.391 e. The van der Waals surface area contributed by atoms with Crippen LogP contribution in [0.4, 0.5) is 0 Å². The number of carbonyl (C=O) groups is 1. The second kappa shape index (κ2) is 9.29. The van der Waals surface area contributed by atoms with Gasteiger partial charge in [-0.15, -0.1) is 24.8 Å². The van der Waals surface area contributed by atoms with Crippen LogP contribution in [0.5, 0.6) is 0 Å². The molecule has 3 atom stereocenters. The zero-order valence-corrected chi connectivity index (χ0v) is 14.5. The van der Waals surface area contributed by atoms with Gasteiger partial charge in [-0.25, -0.2) is 4.98 Å². The first-order valence-corrected chi connectivity index (χ1v) is 7.06. The zero-order valence-electron chi connectivity index (χ0n) is 12.9. The van der Waals surface area contributed by atoms with Gasteiger partial charge >= 0.3 is 0 Å². The van der Waals surface area contributed by atoms with Crippen LogP contribution in [-0.2, 0) is 11.3 Å². The van der Waals surface area contributed by atoms with Crippen LogP contribution in [0, 0.1) is 19.8 Å². The van der Waals surface area contributed by atoms with E-state index in [1.807, 2.05) is 18.5 Å². The molecule has 0 aromatic carbocycles. The number of aromatic nitrogens is 3. The second-order valence-corrected chi connectivity index (χ2v) is 5.47. The normalized spacial score (nSPS) is 23.5. The maximum Gasteiger partial charge on any atom is 0.223 e. The van der Waals surface area contributed by atoms with E-state index in [1.165, 1.54) is 0 Å². The molecule has 0 bridgehead atoms. The first-order valence-electron chi connectivity index (χ1n) is 7.06. The fourth-order valence-electron chi connectivity index (χ4n) is 2.62. The van der Waals surface area contributed by atoms with Gasteiger partial charge in [0.1, 0.15) is 11.6 Å². The van der Waals surface area contributed by atoms with Gasteiger partial charge in [-0.05, 0) is 33.1 Å². The summed E-state index contributed by atoms with van der Waals surface area (Å²) >= 11 is 0. The number of halogens is 2. The lowest BCUT2D eigenvalue weighted by molar-refractivity contribution is -0.125. The average molecular weight is 354 g/mol. The number of rotatable bonds is 5. The summed E-state index contributed by atoms with van der Waals surface area (Å²) < 4.78 is 1.84. The van der Waals surface area contributed by atoms with Crippen LogP contribution < -0.4 is 11.1 Å². The Morgan fingerprint density at radius 1 is 1.41 bits per heavy atom. The molecule has 4 N–H and O–H groups in total. The van der Waals surface area contributed by atoms with Crippen molar-refractivity contribution in [3.63, 3.8) is 0 Å². The molecule has 0 radical (unpaired) electrons. The van der Waals surface area contributed by atoms with Crippen molar-refractivity contribution in [2.24, 2.45) is 11.7 Å². The smallest absolute Gasteiger partial charge is 0.223 e. The fourth-order valence-corrected chi connectivity index (χ4v) is 2.62. The Kier molecular flexibility index (Phi) is 8.92. The molecular weight excluding hydrogens is 329 g/mol. The van der Waals surface area contributed by atoms with Crippen LogP contribution in [0.1, 0.15) is 30.9 Å². The molecule has 2 rings (SSSR count). The molecule has 7 nitrogen and oxygen atoms in total. The molecule has 0 spiro atoms. The van der Waals surface area contributed by atoms with Gasteiger partial charge in [0.05, 0.1) is 6.10 Å². The highest BCUT2D eigenvalue weighted by Gasteiger charge is 2.34. The minimum absolute atomic E-state index is 0. The standard InChI is InChI=1S/C13H23N5O2.2ClH/c1-8-16-9(2)18(17-8)5-3-4-15-13(20)10-6-11(14)12(19)7-10;;/h10-12,19H,3-7,14H2,1-2H3,(H,15,20);2*1H/t10-,11+,12+;;/m0../s1. The van der Waals surface area contributed by atoms with Crippen LogP contribution in [0.15, 0.2) is 0 Å². The van der Waals surface area contributed by atoms with E-state index < -0.39 is 6.10 Å². The highest BCUT2D eigenvalue weighted by molar-refractivity contribution is 5.85. The van der Waals surface area contributed by atoms with Crippen molar-refractivity contribution in [1.82, 2.24) is 20.1 Å². The second-order valence-electron chi connectivity index (χ2n) is 5.47. The third kappa shape index (κ3) is 5.39. The number of aryl methyl sites for hydroxylation is 3. The largest absolute Gasteiger partial charge is 0.391 e. The van der Waals surface area contributed by atoms with Gasteiger partial charge in [0.25, 0.3) is 0 Å². The highest BCUT2D eigenvalue weighted by Crippen LogP contribution is 2.24. The summed E-state index contributed by atoms with van der Waals surface area (Å²) in [7, 11) is 0. The number of amides is 1. The molecule has 128 valence electrons. The molecular formula is C13H25Cl2N5O2. The van der Waals surface area contributed by atoms with Gasteiger partial charge in [0.2, 0.25) is 5.91 Å². The van der Waals surface area contributed by atoms with E-state index in [4.69, 9.17) is 5.73 Å². The van der Waals surface area contributed by atoms with Crippen LogP contribution in [0.25, 0.3) is 0 Å². The first kappa shape index (κ1) is 21.1. The highest BCUT2D eigenvalue weighted by atomic mass is 35.5. The van der Waals surface area contributed by atoms with Gasteiger partial charge < -0.3 is 16.2 Å². The van der Waals surface area contributed by atoms with E-state index in [1.54, 1.807) is 0 Å². The fraction of sp³-hybridized carbons (Fsp3) is 0.769. The van der Waals surface area contributed by atoms with Crippen LogP contribution >= 0.6 is 24.8 Å². The Hall–Kier alpha value is -0.890. The number of carbonyl (C=O) groups excluding carboxylic acids is 1. The summed E-state index contributed by atoms with van der Waals surface area (Å²) in [5, 5.41) is 16.7. The zero-order chi connectivity index (χ0) is 14.7. The minimum atomic E-state index is -0.550. The Bertz CT molecular complexity index is 473. The van der Waals surface area contributed by atoms with Crippen molar-refractivity contribution in [2.75, 3.05) is 6.54 Å². The molecule has 1 amide bonds. The number of hydrogen-bond donors (Lipinski definition) is 3. The molecule has 0 unspecified atom stereocenters. The van der Waals surface area contributed by atoms with Crippen molar-refractivity contribution in [1.29, 1.82) is 0 Å². The number of hydrogen-bond acceptors (Lipinski definition) is 5. The summed E-state index contributed by atoms with van der Waals surface area (Å²) in [6.07, 6.45) is 1.28. The predicted molar refractivity (Wildman–Crippen MR) is 88.3 cm³/mol. The van der Waals surface area contributed by atoms with E-state index in [9.17, 15) is 9.90 Å².